The number of amides is 1. The van der Waals surface area contributed by atoms with Gasteiger partial charge in [-0.1, -0.05) is 37.7 Å². The summed E-state index contributed by atoms with van der Waals surface area (Å²) < 4.78 is 5.30. The Morgan fingerprint density at radius 1 is 1.42 bits per heavy atom. The molecule has 1 aromatic rings. The van der Waals surface area contributed by atoms with Gasteiger partial charge in [0.25, 0.3) is 0 Å². The number of rotatable bonds is 5. The van der Waals surface area contributed by atoms with E-state index in [1.54, 1.807) is 23.8 Å². The normalized spacial score (nSPS) is 21.0. The molecule has 0 aliphatic carbocycles. The highest BCUT2D eigenvalue weighted by molar-refractivity contribution is 8.03. The van der Waals surface area contributed by atoms with E-state index in [0.717, 1.165) is 35.2 Å². The van der Waals surface area contributed by atoms with Crippen molar-refractivity contribution in [3.8, 4) is 11.8 Å². The van der Waals surface area contributed by atoms with E-state index in [-0.39, 0.29) is 11.8 Å². The number of carbonyl (C=O) groups is 1. The van der Waals surface area contributed by atoms with Gasteiger partial charge in [0.05, 0.1) is 36.3 Å². The van der Waals surface area contributed by atoms with Crippen LogP contribution in [0, 0.1) is 17.2 Å². The SMILES string of the molecule is COc1cccc(C2CC(=O)N3CN(CCC(C)C)CSC3=C2C#N)c1. The number of hydrogen-bond acceptors (Lipinski definition) is 5. The maximum absolute atomic E-state index is 12.8. The molecule has 138 valence electrons. The summed E-state index contributed by atoms with van der Waals surface area (Å²) in [4.78, 5) is 16.9. The largest absolute Gasteiger partial charge is 0.497 e. The molecule has 0 aromatic heterocycles. The molecule has 0 saturated carbocycles. The number of benzene rings is 1. The van der Waals surface area contributed by atoms with Gasteiger partial charge < -0.3 is 4.74 Å². The van der Waals surface area contributed by atoms with E-state index in [1.165, 1.54) is 0 Å². The Hall–Kier alpha value is -1.97. The molecule has 2 heterocycles. The zero-order chi connectivity index (χ0) is 18.7. The van der Waals surface area contributed by atoms with Crippen molar-refractivity contribution in [2.45, 2.75) is 32.6 Å². The topological polar surface area (TPSA) is 56.6 Å². The molecule has 6 heteroatoms. The van der Waals surface area contributed by atoms with E-state index < -0.39 is 0 Å². The van der Waals surface area contributed by atoms with Crippen LogP contribution in [0.1, 0.15) is 38.2 Å². The van der Waals surface area contributed by atoms with E-state index >= 15 is 0 Å². The third kappa shape index (κ3) is 3.89. The number of ether oxygens (including phenoxy) is 1. The van der Waals surface area contributed by atoms with Crippen molar-refractivity contribution in [2.75, 3.05) is 26.2 Å². The van der Waals surface area contributed by atoms with Crippen LogP contribution in [0.4, 0.5) is 0 Å². The van der Waals surface area contributed by atoms with Crippen LogP contribution in [-0.2, 0) is 4.79 Å². The van der Waals surface area contributed by atoms with Gasteiger partial charge in [0.2, 0.25) is 5.91 Å². The molecule has 1 unspecified atom stereocenters. The first-order valence-corrected chi connectivity index (χ1v) is 9.95. The van der Waals surface area contributed by atoms with Crippen LogP contribution in [0.2, 0.25) is 0 Å². The average molecular weight is 372 g/mol. The third-order valence-corrected chi connectivity index (χ3v) is 6.08. The van der Waals surface area contributed by atoms with Crippen molar-refractivity contribution in [2.24, 2.45) is 5.92 Å². The Labute approximate surface area is 159 Å². The highest BCUT2D eigenvalue weighted by Crippen LogP contribution is 2.42. The third-order valence-electron chi connectivity index (χ3n) is 4.87. The second-order valence-electron chi connectivity index (χ2n) is 7.18. The lowest BCUT2D eigenvalue weighted by atomic mass is 9.86. The summed E-state index contributed by atoms with van der Waals surface area (Å²) in [6, 6.07) is 10.1. The fourth-order valence-corrected chi connectivity index (χ4v) is 4.51. The van der Waals surface area contributed by atoms with Crippen LogP contribution in [0.3, 0.4) is 0 Å². The van der Waals surface area contributed by atoms with Gasteiger partial charge in [-0.3, -0.25) is 14.6 Å². The highest BCUT2D eigenvalue weighted by Gasteiger charge is 2.38. The minimum absolute atomic E-state index is 0.0913. The van der Waals surface area contributed by atoms with Crippen LogP contribution in [0.25, 0.3) is 0 Å². The number of nitriles is 1. The molecule has 1 aromatic carbocycles. The first-order chi connectivity index (χ1) is 12.5. The summed E-state index contributed by atoms with van der Waals surface area (Å²) in [5, 5.41) is 10.6. The zero-order valence-electron chi connectivity index (χ0n) is 15.6. The minimum atomic E-state index is -0.191. The molecule has 0 N–H and O–H groups in total. The lowest BCUT2D eigenvalue weighted by molar-refractivity contribution is -0.131. The maximum Gasteiger partial charge on any atom is 0.229 e. The van der Waals surface area contributed by atoms with E-state index in [1.807, 2.05) is 24.3 Å². The van der Waals surface area contributed by atoms with Gasteiger partial charge in [0.1, 0.15) is 5.75 Å². The summed E-state index contributed by atoms with van der Waals surface area (Å²) in [6.07, 6.45) is 1.44. The van der Waals surface area contributed by atoms with Crippen molar-refractivity contribution in [3.05, 3.63) is 40.4 Å². The number of carbonyl (C=O) groups excluding carboxylic acids is 1. The van der Waals surface area contributed by atoms with Crippen molar-refractivity contribution in [3.63, 3.8) is 0 Å². The van der Waals surface area contributed by atoms with Crippen molar-refractivity contribution < 1.29 is 9.53 Å². The standard InChI is InChI=1S/C20H25N3O2S/c1-14(2)7-8-22-12-23-19(24)10-17(18(11-21)20(23)26-13-22)15-5-4-6-16(9-15)25-3/h4-6,9,14,17H,7-8,10,12-13H2,1-3H3. The van der Waals surface area contributed by atoms with Crippen molar-refractivity contribution >= 4 is 17.7 Å². The number of hydrogen-bond donors (Lipinski definition) is 0. The first kappa shape index (κ1) is 18.8. The molecule has 0 bridgehead atoms. The Balaban J connectivity index is 1.86. The minimum Gasteiger partial charge on any atom is -0.497 e. The van der Waals surface area contributed by atoms with Gasteiger partial charge in [-0.05, 0) is 30.0 Å². The molecule has 1 atom stereocenters. The number of nitrogens with zero attached hydrogens (tertiary/aromatic N) is 3. The van der Waals surface area contributed by atoms with Crippen LogP contribution >= 0.6 is 11.8 Å². The van der Waals surface area contributed by atoms with Gasteiger partial charge in [-0.15, -0.1) is 0 Å². The monoisotopic (exact) mass is 371 g/mol. The predicted molar refractivity (Wildman–Crippen MR) is 103 cm³/mol. The zero-order valence-corrected chi connectivity index (χ0v) is 16.4. The van der Waals surface area contributed by atoms with Gasteiger partial charge in [0, 0.05) is 18.9 Å². The number of allylic oxidation sites excluding steroid dienone is 1. The Morgan fingerprint density at radius 2 is 2.23 bits per heavy atom. The molecular formula is C20H25N3O2S. The molecular weight excluding hydrogens is 346 g/mol. The van der Waals surface area contributed by atoms with Crippen LogP contribution in [0.5, 0.6) is 5.75 Å². The number of methoxy groups -OCH3 is 1. The molecule has 0 radical (unpaired) electrons. The second-order valence-corrected chi connectivity index (χ2v) is 8.11. The fraction of sp³-hybridized carbons (Fsp3) is 0.500. The average Bonchev–Trinajstić information content (AvgIpc) is 2.66. The van der Waals surface area contributed by atoms with Crippen LogP contribution in [0.15, 0.2) is 34.9 Å². The molecule has 5 nitrogen and oxygen atoms in total. The Morgan fingerprint density at radius 3 is 2.92 bits per heavy atom. The van der Waals surface area contributed by atoms with Gasteiger partial charge in [0.15, 0.2) is 0 Å². The summed E-state index contributed by atoms with van der Waals surface area (Å²) in [5.74, 6) is 2.11. The Bertz CT molecular complexity index is 754. The number of thioether (sulfide) groups is 1. The maximum atomic E-state index is 12.8. The molecule has 1 fully saturated rings. The van der Waals surface area contributed by atoms with E-state index in [9.17, 15) is 10.1 Å². The summed E-state index contributed by atoms with van der Waals surface area (Å²) in [7, 11) is 1.62. The van der Waals surface area contributed by atoms with Gasteiger partial charge in [-0.2, -0.15) is 5.26 Å². The van der Waals surface area contributed by atoms with Gasteiger partial charge in [-0.25, -0.2) is 0 Å². The van der Waals surface area contributed by atoms with Crippen LogP contribution in [-0.4, -0.2) is 41.9 Å². The molecule has 1 saturated heterocycles. The molecule has 0 spiro atoms. The van der Waals surface area contributed by atoms with Gasteiger partial charge >= 0.3 is 0 Å². The first-order valence-electron chi connectivity index (χ1n) is 8.97. The fourth-order valence-electron chi connectivity index (χ4n) is 3.33. The molecule has 2 aliphatic rings. The van der Waals surface area contributed by atoms with E-state index in [0.29, 0.717) is 24.6 Å². The predicted octanol–water partition coefficient (Wildman–Crippen LogP) is 3.76. The number of fused-ring (bicyclic) bond motifs is 1. The highest BCUT2D eigenvalue weighted by atomic mass is 32.2. The smallest absolute Gasteiger partial charge is 0.229 e. The van der Waals surface area contributed by atoms with E-state index in [2.05, 4.69) is 24.8 Å². The molecule has 1 amide bonds. The quantitative estimate of drug-likeness (QED) is 0.789. The van der Waals surface area contributed by atoms with E-state index in [4.69, 9.17) is 4.74 Å². The molecule has 2 aliphatic heterocycles. The second kappa shape index (κ2) is 8.15. The lowest BCUT2D eigenvalue weighted by Gasteiger charge is -2.41. The van der Waals surface area contributed by atoms with Crippen LogP contribution < -0.4 is 4.74 Å². The Kier molecular flexibility index (Phi) is 5.90. The summed E-state index contributed by atoms with van der Waals surface area (Å²) >= 11 is 1.61. The summed E-state index contributed by atoms with van der Waals surface area (Å²) in [6.45, 7) is 5.98. The molecule has 3 rings (SSSR count). The summed E-state index contributed by atoms with van der Waals surface area (Å²) in [5.41, 5.74) is 1.66. The van der Waals surface area contributed by atoms with Crippen molar-refractivity contribution in [1.29, 1.82) is 5.26 Å². The molecule has 26 heavy (non-hydrogen) atoms. The lowest BCUT2D eigenvalue weighted by Crippen LogP contribution is -2.47. The van der Waals surface area contributed by atoms with Crippen molar-refractivity contribution in [1.82, 2.24) is 9.80 Å².